The summed E-state index contributed by atoms with van der Waals surface area (Å²) in [7, 11) is 0. The predicted molar refractivity (Wildman–Crippen MR) is 282 cm³/mol. The molecule has 0 atom stereocenters. The molecule has 3 nitrogen and oxygen atoms in total. The molecule has 0 spiro atoms. The van der Waals surface area contributed by atoms with Crippen molar-refractivity contribution in [1.82, 2.24) is 4.57 Å². The van der Waals surface area contributed by atoms with Crippen molar-refractivity contribution in [3.8, 4) is 39.1 Å². The molecule has 2 heterocycles. The van der Waals surface area contributed by atoms with Crippen LogP contribution in [0.2, 0.25) is 0 Å². The Balaban J connectivity index is 1.07. The highest BCUT2D eigenvalue weighted by molar-refractivity contribution is 6.12. The van der Waals surface area contributed by atoms with Crippen molar-refractivity contribution in [2.24, 2.45) is 0 Å². The van der Waals surface area contributed by atoms with E-state index in [1.54, 1.807) is 0 Å². The molecule has 67 heavy (non-hydrogen) atoms. The van der Waals surface area contributed by atoms with E-state index >= 15 is 0 Å². The number of nitrogens with zero attached hydrogens (tertiary/aromatic N) is 2. The van der Waals surface area contributed by atoms with E-state index in [1.165, 1.54) is 81.4 Å². The highest BCUT2D eigenvalue weighted by Crippen LogP contribution is 2.50. The zero-order valence-corrected chi connectivity index (χ0v) is 37.3. The molecule has 2 aromatic heterocycles. The van der Waals surface area contributed by atoms with Crippen molar-refractivity contribution in [3.63, 3.8) is 0 Å². The highest BCUT2D eigenvalue weighted by atomic mass is 16.3. The maximum atomic E-state index is 6.35. The lowest BCUT2D eigenvalue weighted by Gasteiger charge is -2.32. The van der Waals surface area contributed by atoms with Crippen molar-refractivity contribution < 1.29 is 4.42 Å². The van der Waals surface area contributed by atoms with E-state index in [2.05, 4.69) is 228 Å². The first-order valence-electron chi connectivity index (χ1n) is 23.9. The molecule has 12 aromatic rings. The fourth-order valence-electron chi connectivity index (χ4n) is 11.3. The van der Waals surface area contributed by atoms with E-state index in [4.69, 9.17) is 4.42 Å². The van der Waals surface area contributed by atoms with E-state index in [1.807, 2.05) is 6.07 Å². The molecule has 0 unspecified atom stereocenters. The van der Waals surface area contributed by atoms with Gasteiger partial charge >= 0.3 is 0 Å². The average Bonchev–Trinajstić information content (AvgIpc) is 3.94. The summed E-state index contributed by atoms with van der Waals surface area (Å²) in [6.45, 7) is 0. The predicted octanol–water partition coefficient (Wildman–Crippen LogP) is 18.4. The first-order chi connectivity index (χ1) is 33.3. The molecule has 10 aromatic carbocycles. The molecular formula is C64H48N2O. The van der Waals surface area contributed by atoms with Crippen LogP contribution in [0.15, 0.2) is 229 Å². The van der Waals surface area contributed by atoms with Crippen LogP contribution in [0.4, 0.5) is 17.1 Å². The van der Waals surface area contributed by atoms with Crippen molar-refractivity contribution in [3.05, 3.63) is 230 Å². The second-order valence-corrected chi connectivity index (χ2v) is 18.2. The number of aromatic nitrogens is 1. The van der Waals surface area contributed by atoms with Gasteiger partial charge < -0.3 is 13.9 Å². The Bertz CT molecular complexity index is 3810. The Hall–Kier alpha value is -8.14. The molecule has 320 valence electrons. The van der Waals surface area contributed by atoms with Gasteiger partial charge in [0.1, 0.15) is 11.2 Å². The highest BCUT2D eigenvalue weighted by Gasteiger charge is 2.26. The van der Waals surface area contributed by atoms with Crippen LogP contribution in [0.1, 0.15) is 43.6 Å². The number of benzene rings is 10. The van der Waals surface area contributed by atoms with Crippen molar-refractivity contribution in [2.75, 3.05) is 4.90 Å². The lowest BCUT2D eigenvalue weighted by Crippen LogP contribution is -2.14. The van der Waals surface area contributed by atoms with Crippen LogP contribution in [0.3, 0.4) is 0 Å². The second-order valence-electron chi connectivity index (χ2n) is 18.2. The maximum absolute atomic E-state index is 6.35. The van der Waals surface area contributed by atoms with Gasteiger partial charge in [-0.15, -0.1) is 0 Å². The third-order valence-corrected chi connectivity index (χ3v) is 14.4. The third-order valence-electron chi connectivity index (χ3n) is 14.4. The van der Waals surface area contributed by atoms with Crippen molar-refractivity contribution in [1.29, 1.82) is 0 Å². The second kappa shape index (κ2) is 16.4. The molecule has 0 saturated heterocycles. The smallest absolute Gasteiger partial charge is 0.135 e. The monoisotopic (exact) mass is 860 g/mol. The molecule has 0 radical (unpaired) electrons. The number of furan rings is 1. The van der Waals surface area contributed by atoms with Crippen LogP contribution in [-0.2, 0) is 0 Å². The van der Waals surface area contributed by atoms with Gasteiger partial charge in [0.2, 0.25) is 0 Å². The molecular weight excluding hydrogens is 813 g/mol. The maximum Gasteiger partial charge on any atom is 0.135 e. The topological polar surface area (TPSA) is 21.3 Å². The molecule has 1 aliphatic rings. The van der Waals surface area contributed by atoms with Gasteiger partial charge in [-0.05, 0) is 112 Å². The average molecular weight is 861 g/mol. The summed E-state index contributed by atoms with van der Waals surface area (Å²) in [5.74, 6) is 0.554. The van der Waals surface area contributed by atoms with Gasteiger partial charge in [-0.3, -0.25) is 0 Å². The Kier molecular flexibility index (Phi) is 9.60. The minimum Gasteiger partial charge on any atom is -0.456 e. The van der Waals surface area contributed by atoms with Crippen molar-refractivity contribution >= 4 is 71.6 Å². The van der Waals surface area contributed by atoms with Crippen LogP contribution in [0.5, 0.6) is 0 Å². The molecule has 0 aliphatic heterocycles. The van der Waals surface area contributed by atoms with Crippen LogP contribution >= 0.6 is 0 Å². The van der Waals surface area contributed by atoms with Gasteiger partial charge in [0.25, 0.3) is 0 Å². The van der Waals surface area contributed by atoms with Gasteiger partial charge in [0.05, 0.1) is 28.1 Å². The lowest BCUT2D eigenvalue weighted by atomic mass is 9.80. The minimum absolute atomic E-state index is 0.554. The fraction of sp³-hybridized carbons (Fsp3) is 0.0938. The summed E-state index contributed by atoms with van der Waals surface area (Å²) >= 11 is 0. The summed E-state index contributed by atoms with van der Waals surface area (Å²) in [5.41, 5.74) is 17.2. The summed E-state index contributed by atoms with van der Waals surface area (Å²) in [4.78, 5) is 2.54. The summed E-state index contributed by atoms with van der Waals surface area (Å²) in [6.07, 6.45) is 6.40. The molecule has 1 fully saturated rings. The van der Waals surface area contributed by atoms with Crippen LogP contribution in [0, 0.1) is 0 Å². The molecule has 0 N–H and O–H groups in total. The first kappa shape index (κ1) is 39.2. The summed E-state index contributed by atoms with van der Waals surface area (Å²) in [6, 6.07) is 82.5. The molecule has 3 heteroatoms. The number of fused-ring (bicyclic) bond motifs is 7. The molecule has 0 bridgehead atoms. The molecule has 1 aliphatic carbocycles. The van der Waals surface area contributed by atoms with Gasteiger partial charge in [0.15, 0.2) is 0 Å². The first-order valence-corrected chi connectivity index (χ1v) is 23.9. The molecule has 0 amide bonds. The zero-order valence-electron chi connectivity index (χ0n) is 37.3. The SMILES string of the molecule is c1ccc(-n2c3ccccc3c3ccc(-c4ccccc4N(c4ccccc4-c4ccc5oc6ccccc6c5c4)c4ccccc4-c4cccc5cccc(C6CCCCC6)c45)cc32)cc1. The van der Waals surface area contributed by atoms with E-state index in [-0.39, 0.29) is 0 Å². The van der Waals surface area contributed by atoms with Crippen LogP contribution in [0.25, 0.3) is 93.6 Å². The van der Waals surface area contributed by atoms with Gasteiger partial charge in [-0.25, -0.2) is 0 Å². The van der Waals surface area contributed by atoms with Gasteiger partial charge in [0, 0.05) is 43.9 Å². The van der Waals surface area contributed by atoms with Gasteiger partial charge in [-0.2, -0.15) is 0 Å². The van der Waals surface area contributed by atoms with E-state index in [9.17, 15) is 0 Å². The number of hydrogen-bond acceptors (Lipinski definition) is 2. The number of anilines is 3. The van der Waals surface area contributed by atoms with Crippen LogP contribution < -0.4 is 4.90 Å². The van der Waals surface area contributed by atoms with E-state index in [0.717, 1.165) is 66.9 Å². The Morgan fingerprint density at radius 1 is 0.388 bits per heavy atom. The zero-order chi connectivity index (χ0) is 44.3. The standard InChI is InChI=1S/C64H48N2O/c1-3-19-43(20-4-1)50-30-17-21-44-22-18-31-55(64(44)50)52-28-10-15-35-60(52)66(57-32-12-7-25-48(57)45-38-40-63-56(41-45)54-29-11-16-36-62(54)67-63)58-33-13-8-26-49(58)46-37-39-53-51-27-9-14-34-59(51)65(61(53)42-46)47-23-5-2-6-24-47/h2,5-18,21-43H,1,3-4,19-20H2. The quantitative estimate of drug-likeness (QED) is 0.152. The Labute approximate surface area is 390 Å². The number of hydrogen-bond donors (Lipinski definition) is 0. The number of rotatable bonds is 8. The largest absolute Gasteiger partial charge is 0.456 e. The number of para-hydroxylation sites is 6. The normalized spacial score (nSPS) is 13.3. The van der Waals surface area contributed by atoms with E-state index < -0.39 is 0 Å². The van der Waals surface area contributed by atoms with Gasteiger partial charge in [-0.1, -0.05) is 183 Å². The molecule has 13 rings (SSSR count). The minimum atomic E-state index is 0.554. The van der Waals surface area contributed by atoms with Crippen LogP contribution in [-0.4, -0.2) is 4.57 Å². The summed E-state index contributed by atoms with van der Waals surface area (Å²) in [5, 5.41) is 7.39. The fourth-order valence-corrected chi connectivity index (χ4v) is 11.3. The third kappa shape index (κ3) is 6.64. The summed E-state index contributed by atoms with van der Waals surface area (Å²) < 4.78 is 8.77. The molecule has 1 saturated carbocycles. The lowest BCUT2D eigenvalue weighted by molar-refractivity contribution is 0.445. The van der Waals surface area contributed by atoms with E-state index in [0.29, 0.717) is 5.92 Å². The Morgan fingerprint density at radius 2 is 0.955 bits per heavy atom. The van der Waals surface area contributed by atoms with Crippen molar-refractivity contribution in [2.45, 2.75) is 38.0 Å². The Morgan fingerprint density at radius 3 is 1.73 bits per heavy atom.